The zero-order chi connectivity index (χ0) is 16.6. The van der Waals surface area contributed by atoms with E-state index in [9.17, 15) is 8.42 Å². The summed E-state index contributed by atoms with van der Waals surface area (Å²) in [4.78, 5) is 0.255. The predicted octanol–water partition coefficient (Wildman–Crippen LogP) is 3.00. The number of nitrogens with zero attached hydrogens (tertiary/aromatic N) is 1. The lowest BCUT2D eigenvalue weighted by Crippen LogP contribution is -2.15. The second-order valence-corrected chi connectivity index (χ2v) is 7.26. The van der Waals surface area contributed by atoms with Crippen LogP contribution in [0.2, 0.25) is 0 Å². The molecule has 0 aliphatic rings. The highest BCUT2D eigenvalue weighted by Crippen LogP contribution is 2.32. The van der Waals surface area contributed by atoms with Gasteiger partial charge in [0.2, 0.25) is 0 Å². The molecule has 4 N–H and O–H groups in total. The number of aryl methyl sites for hydroxylation is 1. The van der Waals surface area contributed by atoms with Crippen LogP contribution in [0.3, 0.4) is 0 Å². The standard InChI is InChI=1S/C17H19N3O2S/c1-2-6-12-11-14-16(10-9-15(18)17(14)19)20(12)23(21,22)13-7-4-3-5-8-13/h3-5,7-11H,2,6,18-19H2,1H3. The van der Waals surface area contributed by atoms with Gasteiger partial charge < -0.3 is 11.5 Å². The number of nitrogens with two attached hydrogens (primary N) is 2. The Hall–Kier alpha value is -2.47. The lowest BCUT2D eigenvalue weighted by molar-refractivity contribution is 0.586. The Morgan fingerprint density at radius 2 is 1.74 bits per heavy atom. The highest BCUT2D eigenvalue weighted by Gasteiger charge is 2.23. The maximum Gasteiger partial charge on any atom is 0.268 e. The van der Waals surface area contributed by atoms with Gasteiger partial charge in [0.1, 0.15) is 0 Å². The van der Waals surface area contributed by atoms with Crippen LogP contribution in [-0.2, 0) is 16.4 Å². The van der Waals surface area contributed by atoms with Crippen LogP contribution in [-0.4, -0.2) is 12.4 Å². The molecule has 0 radical (unpaired) electrons. The number of fused-ring (bicyclic) bond motifs is 1. The molecular formula is C17H19N3O2S. The Bertz CT molecular complexity index is 960. The molecule has 120 valence electrons. The molecule has 3 aromatic rings. The molecule has 0 atom stereocenters. The molecule has 0 unspecified atom stereocenters. The fourth-order valence-corrected chi connectivity index (χ4v) is 4.34. The molecule has 0 aliphatic heterocycles. The topological polar surface area (TPSA) is 91.1 Å². The highest BCUT2D eigenvalue weighted by molar-refractivity contribution is 7.90. The maximum absolute atomic E-state index is 13.1. The lowest BCUT2D eigenvalue weighted by Gasteiger charge is -2.12. The van der Waals surface area contributed by atoms with Crippen LogP contribution in [0.4, 0.5) is 11.4 Å². The SMILES string of the molecule is CCCc1cc2c(N)c(N)ccc2n1S(=O)(=O)c1ccccc1. The first-order valence-corrected chi connectivity index (χ1v) is 8.89. The van der Waals surface area contributed by atoms with Crippen molar-refractivity contribution in [3.63, 3.8) is 0 Å². The molecule has 3 rings (SSSR count). The van der Waals surface area contributed by atoms with Crippen molar-refractivity contribution in [3.8, 4) is 0 Å². The van der Waals surface area contributed by atoms with Gasteiger partial charge in [0.05, 0.1) is 21.8 Å². The average Bonchev–Trinajstić information content (AvgIpc) is 2.92. The minimum absolute atomic E-state index is 0.255. The van der Waals surface area contributed by atoms with Gasteiger partial charge in [-0.1, -0.05) is 31.5 Å². The van der Waals surface area contributed by atoms with Gasteiger partial charge in [-0.25, -0.2) is 12.4 Å². The van der Waals surface area contributed by atoms with E-state index in [0.717, 1.165) is 6.42 Å². The Morgan fingerprint density at radius 1 is 1.04 bits per heavy atom. The van der Waals surface area contributed by atoms with Crippen molar-refractivity contribution in [2.75, 3.05) is 11.5 Å². The summed E-state index contributed by atoms with van der Waals surface area (Å²) < 4.78 is 27.6. The second kappa shape index (κ2) is 5.62. The van der Waals surface area contributed by atoms with Crippen molar-refractivity contribution in [2.24, 2.45) is 0 Å². The van der Waals surface area contributed by atoms with Gasteiger partial charge in [-0.15, -0.1) is 0 Å². The van der Waals surface area contributed by atoms with E-state index in [2.05, 4.69) is 0 Å². The molecule has 0 spiro atoms. The van der Waals surface area contributed by atoms with Crippen LogP contribution in [0.25, 0.3) is 10.9 Å². The van der Waals surface area contributed by atoms with Crippen molar-refractivity contribution in [2.45, 2.75) is 24.7 Å². The number of anilines is 2. The molecule has 6 heteroatoms. The summed E-state index contributed by atoms with van der Waals surface area (Å²) in [6.45, 7) is 2.01. The van der Waals surface area contributed by atoms with Gasteiger partial charge in [-0.2, -0.15) is 0 Å². The van der Waals surface area contributed by atoms with Crippen molar-refractivity contribution < 1.29 is 8.42 Å². The van der Waals surface area contributed by atoms with Gasteiger partial charge in [0.15, 0.2) is 0 Å². The number of aromatic nitrogens is 1. The first-order valence-electron chi connectivity index (χ1n) is 7.45. The minimum Gasteiger partial charge on any atom is -0.397 e. The van der Waals surface area contributed by atoms with Crippen molar-refractivity contribution in [1.82, 2.24) is 3.97 Å². The average molecular weight is 329 g/mol. The fourth-order valence-electron chi connectivity index (χ4n) is 2.76. The summed E-state index contributed by atoms with van der Waals surface area (Å²) >= 11 is 0. The summed E-state index contributed by atoms with van der Waals surface area (Å²) in [5.74, 6) is 0. The van der Waals surface area contributed by atoms with E-state index in [1.165, 1.54) is 3.97 Å². The number of benzene rings is 2. The smallest absolute Gasteiger partial charge is 0.268 e. The van der Waals surface area contributed by atoms with Gasteiger partial charge in [-0.3, -0.25) is 0 Å². The summed E-state index contributed by atoms with van der Waals surface area (Å²) in [6.07, 6.45) is 1.47. The summed E-state index contributed by atoms with van der Waals surface area (Å²) in [6, 6.07) is 13.6. The van der Waals surface area contributed by atoms with Gasteiger partial charge in [0.25, 0.3) is 10.0 Å². The van der Waals surface area contributed by atoms with Crippen molar-refractivity contribution >= 4 is 32.3 Å². The summed E-state index contributed by atoms with van der Waals surface area (Å²) in [5.41, 5.74) is 14.0. The first-order chi connectivity index (χ1) is 11.0. The molecule has 0 saturated carbocycles. The van der Waals surface area contributed by atoms with E-state index in [0.29, 0.717) is 34.4 Å². The van der Waals surface area contributed by atoms with E-state index in [4.69, 9.17) is 11.5 Å². The number of hydrogen-bond donors (Lipinski definition) is 2. The van der Waals surface area contributed by atoms with E-state index in [1.54, 1.807) is 42.5 Å². The normalized spacial score (nSPS) is 11.9. The zero-order valence-corrected chi connectivity index (χ0v) is 13.7. The molecule has 0 aliphatic carbocycles. The maximum atomic E-state index is 13.1. The van der Waals surface area contributed by atoms with Crippen LogP contribution >= 0.6 is 0 Å². The molecule has 0 saturated heterocycles. The second-order valence-electron chi connectivity index (χ2n) is 5.47. The third kappa shape index (κ3) is 2.45. The van der Waals surface area contributed by atoms with Crippen LogP contribution in [0.15, 0.2) is 53.4 Å². The van der Waals surface area contributed by atoms with E-state index in [-0.39, 0.29) is 4.90 Å². The fraction of sp³-hybridized carbons (Fsp3) is 0.176. The van der Waals surface area contributed by atoms with Crippen molar-refractivity contribution in [3.05, 3.63) is 54.2 Å². The molecule has 1 aromatic heterocycles. The third-order valence-corrected chi connectivity index (χ3v) is 5.66. The Kier molecular flexibility index (Phi) is 3.77. The Labute approximate surface area is 135 Å². The van der Waals surface area contributed by atoms with Gasteiger partial charge in [0, 0.05) is 11.1 Å². The number of nitrogen functional groups attached to an aromatic ring is 2. The molecule has 23 heavy (non-hydrogen) atoms. The molecule has 0 amide bonds. The molecule has 1 heterocycles. The summed E-state index contributed by atoms with van der Waals surface area (Å²) in [7, 11) is -3.68. The molecule has 2 aromatic carbocycles. The van der Waals surface area contributed by atoms with Crippen LogP contribution < -0.4 is 11.5 Å². The minimum atomic E-state index is -3.68. The van der Waals surface area contributed by atoms with E-state index < -0.39 is 10.0 Å². The van der Waals surface area contributed by atoms with Gasteiger partial charge >= 0.3 is 0 Å². The molecule has 5 nitrogen and oxygen atoms in total. The van der Waals surface area contributed by atoms with Gasteiger partial charge in [-0.05, 0) is 36.8 Å². The van der Waals surface area contributed by atoms with Crippen molar-refractivity contribution in [1.29, 1.82) is 0 Å². The van der Waals surface area contributed by atoms with Crippen LogP contribution in [0.5, 0.6) is 0 Å². The largest absolute Gasteiger partial charge is 0.397 e. The number of rotatable bonds is 4. The van der Waals surface area contributed by atoms with E-state index >= 15 is 0 Å². The lowest BCUT2D eigenvalue weighted by atomic mass is 10.2. The monoisotopic (exact) mass is 329 g/mol. The molecule has 0 fully saturated rings. The molecular weight excluding hydrogens is 310 g/mol. The Morgan fingerprint density at radius 3 is 2.39 bits per heavy atom. The highest BCUT2D eigenvalue weighted by atomic mass is 32.2. The Balaban J connectivity index is 2.36. The predicted molar refractivity (Wildman–Crippen MR) is 93.8 cm³/mol. The van der Waals surface area contributed by atoms with E-state index in [1.807, 2.05) is 13.0 Å². The first kappa shape index (κ1) is 15.4. The quantitative estimate of drug-likeness (QED) is 0.720. The molecule has 0 bridgehead atoms. The van der Waals surface area contributed by atoms with Crippen LogP contribution in [0.1, 0.15) is 19.0 Å². The third-order valence-electron chi connectivity index (χ3n) is 3.88. The zero-order valence-electron chi connectivity index (χ0n) is 12.9. The van der Waals surface area contributed by atoms with Crippen LogP contribution in [0, 0.1) is 0 Å². The number of hydrogen-bond acceptors (Lipinski definition) is 4. The summed E-state index contributed by atoms with van der Waals surface area (Å²) in [5, 5.41) is 0.674.